The van der Waals surface area contributed by atoms with Gasteiger partial charge >= 0.3 is 0 Å². The van der Waals surface area contributed by atoms with Crippen LogP contribution in [-0.4, -0.2) is 50.4 Å². The molecule has 9 heteroatoms. The summed E-state index contributed by atoms with van der Waals surface area (Å²) in [6.45, 7) is 12.7. The molecule has 1 atom stereocenters. The van der Waals surface area contributed by atoms with Gasteiger partial charge in [-0.25, -0.2) is 8.42 Å². The van der Waals surface area contributed by atoms with E-state index in [4.69, 9.17) is 4.74 Å². The quantitative estimate of drug-likeness (QED) is 0.315. The average Bonchev–Trinajstić information content (AvgIpc) is 2.91. The lowest BCUT2D eigenvalue weighted by atomic mass is 10.1. The molecular weight excluding hydrogens is 550 g/mol. The normalized spacial score (nSPS) is 12.4. The summed E-state index contributed by atoms with van der Waals surface area (Å²) in [4.78, 5) is 29.3. The number of anilines is 1. The lowest BCUT2D eigenvalue weighted by Gasteiger charge is -2.35. The third kappa shape index (κ3) is 8.12. The SMILES string of the molecule is CC[C@H](C(=O)NC(C)(C)C)N(Cc1cccc(OC)c1)C(=O)CN(c1ccc(C)cc1C)S(=O)(=O)c1ccc(C)cc1. The minimum Gasteiger partial charge on any atom is -0.497 e. The molecule has 3 aromatic carbocycles. The smallest absolute Gasteiger partial charge is 0.264 e. The summed E-state index contributed by atoms with van der Waals surface area (Å²) >= 11 is 0. The molecule has 42 heavy (non-hydrogen) atoms. The Morgan fingerprint density at radius 2 is 1.57 bits per heavy atom. The number of nitrogens with one attached hydrogen (secondary N) is 1. The van der Waals surface area contributed by atoms with Crippen molar-refractivity contribution in [1.29, 1.82) is 0 Å². The lowest BCUT2D eigenvalue weighted by Crippen LogP contribution is -2.55. The monoisotopic (exact) mass is 593 g/mol. The van der Waals surface area contributed by atoms with Crippen LogP contribution in [0.3, 0.4) is 0 Å². The molecule has 0 unspecified atom stereocenters. The summed E-state index contributed by atoms with van der Waals surface area (Å²) in [5.41, 5.74) is 3.25. The second-order valence-electron chi connectivity index (χ2n) is 11.7. The van der Waals surface area contributed by atoms with Crippen molar-refractivity contribution in [2.45, 2.75) is 77.9 Å². The van der Waals surface area contributed by atoms with Crippen LogP contribution >= 0.6 is 0 Å². The van der Waals surface area contributed by atoms with E-state index in [9.17, 15) is 18.0 Å². The summed E-state index contributed by atoms with van der Waals surface area (Å²) in [6, 6.07) is 18.4. The number of rotatable bonds is 11. The molecule has 0 heterocycles. The Labute approximate surface area is 250 Å². The van der Waals surface area contributed by atoms with Crippen LogP contribution in [0.15, 0.2) is 71.6 Å². The number of benzene rings is 3. The minimum absolute atomic E-state index is 0.0812. The maximum absolute atomic E-state index is 14.3. The molecule has 0 aliphatic heterocycles. The average molecular weight is 594 g/mol. The maximum atomic E-state index is 14.3. The Balaban J connectivity index is 2.12. The van der Waals surface area contributed by atoms with Crippen LogP contribution < -0.4 is 14.4 Å². The highest BCUT2D eigenvalue weighted by Crippen LogP contribution is 2.29. The Morgan fingerprint density at radius 3 is 2.14 bits per heavy atom. The predicted molar refractivity (Wildman–Crippen MR) is 167 cm³/mol. The van der Waals surface area contributed by atoms with Crippen LogP contribution in [0.1, 0.15) is 56.4 Å². The van der Waals surface area contributed by atoms with Gasteiger partial charge in [0.2, 0.25) is 11.8 Å². The van der Waals surface area contributed by atoms with Crippen molar-refractivity contribution in [3.63, 3.8) is 0 Å². The lowest BCUT2D eigenvalue weighted by molar-refractivity contribution is -0.141. The largest absolute Gasteiger partial charge is 0.497 e. The standard InChI is InChI=1S/C33H43N3O5S/c1-9-29(32(38)34-33(5,6)7)35(21-26-11-10-12-27(20-26)41-8)31(37)22-36(30-18-15-24(3)19-25(30)4)42(39,40)28-16-13-23(2)14-17-28/h10-20,29H,9,21-22H2,1-8H3,(H,34,38)/t29-/m1/s1. The van der Waals surface area contributed by atoms with E-state index < -0.39 is 34.1 Å². The van der Waals surface area contributed by atoms with Crippen LogP contribution in [0, 0.1) is 20.8 Å². The molecule has 1 N–H and O–H groups in total. The third-order valence-electron chi connectivity index (χ3n) is 6.88. The molecule has 0 aromatic heterocycles. The molecular formula is C33H43N3O5S. The summed E-state index contributed by atoms with van der Waals surface area (Å²) in [7, 11) is -2.57. The predicted octanol–water partition coefficient (Wildman–Crippen LogP) is 5.54. The molecule has 8 nitrogen and oxygen atoms in total. The summed E-state index contributed by atoms with van der Waals surface area (Å²) in [5, 5.41) is 2.99. The molecule has 0 saturated carbocycles. The number of carbonyl (C=O) groups excluding carboxylic acids is 2. The number of methoxy groups -OCH3 is 1. The number of hydrogen-bond acceptors (Lipinski definition) is 5. The van der Waals surface area contributed by atoms with Gasteiger partial charge in [0.25, 0.3) is 10.0 Å². The van der Waals surface area contributed by atoms with Crippen molar-refractivity contribution in [2.75, 3.05) is 18.0 Å². The minimum atomic E-state index is -4.13. The van der Waals surface area contributed by atoms with E-state index >= 15 is 0 Å². The second-order valence-corrected chi connectivity index (χ2v) is 13.5. The van der Waals surface area contributed by atoms with Crippen molar-refractivity contribution in [3.05, 3.63) is 89.0 Å². The fourth-order valence-electron chi connectivity index (χ4n) is 4.78. The molecule has 0 fully saturated rings. The Hall–Kier alpha value is -3.85. The van der Waals surface area contributed by atoms with Gasteiger partial charge in [-0.3, -0.25) is 13.9 Å². The molecule has 3 aromatic rings. The first kappa shape index (κ1) is 32.7. The Bertz CT molecular complexity index is 1510. The first-order valence-corrected chi connectivity index (χ1v) is 15.5. The van der Waals surface area contributed by atoms with Crippen LogP contribution in [0.25, 0.3) is 0 Å². The van der Waals surface area contributed by atoms with Gasteiger partial charge in [0, 0.05) is 12.1 Å². The van der Waals surface area contributed by atoms with Crippen molar-refractivity contribution in [3.8, 4) is 5.75 Å². The van der Waals surface area contributed by atoms with E-state index in [1.165, 1.54) is 4.90 Å². The molecule has 0 aliphatic rings. The first-order chi connectivity index (χ1) is 19.7. The number of carbonyl (C=O) groups is 2. The van der Waals surface area contributed by atoms with E-state index in [0.29, 0.717) is 17.9 Å². The van der Waals surface area contributed by atoms with Crippen LogP contribution in [-0.2, 0) is 26.2 Å². The van der Waals surface area contributed by atoms with Gasteiger partial charge in [-0.1, -0.05) is 54.4 Å². The first-order valence-electron chi connectivity index (χ1n) is 14.1. The summed E-state index contributed by atoms with van der Waals surface area (Å²) < 4.78 is 34.7. The number of hydrogen-bond donors (Lipinski definition) is 1. The number of sulfonamides is 1. The highest BCUT2D eigenvalue weighted by Gasteiger charge is 2.35. The number of ether oxygens (including phenoxy) is 1. The van der Waals surface area contributed by atoms with Gasteiger partial charge < -0.3 is 15.0 Å². The second kappa shape index (κ2) is 13.4. The zero-order chi connectivity index (χ0) is 31.2. The van der Waals surface area contributed by atoms with Crippen LogP contribution in [0.4, 0.5) is 5.69 Å². The number of aryl methyl sites for hydroxylation is 3. The number of amides is 2. The molecule has 226 valence electrons. The van der Waals surface area contributed by atoms with Gasteiger partial charge in [0.05, 0.1) is 17.7 Å². The Kier molecular flexibility index (Phi) is 10.4. The van der Waals surface area contributed by atoms with E-state index in [0.717, 1.165) is 26.6 Å². The molecule has 0 bridgehead atoms. The maximum Gasteiger partial charge on any atom is 0.264 e. The van der Waals surface area contributed by atoms with Gasteiger partial charge in [-0.15, -0.1) is 0 Å². The number of nitrogens with zero attached hydrogens (tertiary/aromatic N) is 2. The molecule has 3 rings (SSSR count). The van der Waals surface area contributed by atoms with Crippen molar-refractivity contribution in [2.24, 2.45) is 0 Å². The molecule has 0 radical (unpaired) electrons. The van der Waals surface area contributed by atoms with Crippen LogP contribution in [0.2, 0.25) is 0 Å². The fourth-order valence-corrected chi connectivity index (χ4v) is 6.25. The van der Waals surface area contributed by atoms with Gasteiger partial charge in [-0.05, 0) is 89.4 Å². The molecule has 0 saturated heterocycles. The fraction of sp³-hybridized carbons (Fsp3) is 0.394. The van der Waals surface area contributed by atoms with Gasteiger partial charge in [0.1, 0.15) is 18.3 Å². The van der Waals surface area contributed by atoms with Gasteiger partial charge in [-0.2, -0.15) is 0 Å². The zero-order valence-corrected chi connectivity index (χ0v) is 26.7. The van der Waals surface area contributed by atoms with E-state index in [1.54, 1.807) is 49.6 Å². The third-order valence-corrected chi connectivity index (χ3v) is 8.65. The van der Waals surface area contributed by atoms with Crippen molar-refractivity contribution in [1.82, 2.24) is 10.2 Å². The van der Waals surface area contributed by atoms with Gasteiger partial charge in [0.15, 0.2) is 0 Å². The molecule has 2 amide bonds. The zero-order valence-electron chi connectivity index (χ0n) is 25.9. The van der Waals surface area contributed by atoms with Crippen molar-refractivity contribution >= 4 is 27.5 Å². The van der Waals surface area contributed by atoms with Crippen molar-refractivity contribution < 1.29 is 22.7 Å². The van der Waals surface area contributed by atoms with Crippen LogP contribution in [0.5, 0.6) is 5.75 Å². The molecule has 0 spiro atoms. The highest BCUT2D eigenvalue weighted by molar-refractivity contribution is 7.92. The summed E-state index contributed by atoms with van der Waals surface area (Å²) in [6.07, 6.45) is 0.339. The van der Waals surface area contributed by atoms with E-state index in [1.807, 2.05) is 72.7 Å². The highest BCUT2D eigenvalue weighted by atomic mass is 32.2. The molecule has 0 aliphatic carbocycles. The Morgan fingerprint density at radius 1 is 0.929 bits per heavy atom. The summed E-state index contributed by atoms with van der Waals surface area (Å²) in [5.74, 6) is -0.184. The topological polar surface area (TPSA) is 96.0 Å². The van der Waals surface area contributed by atoms with E-state index in [-0.39, 0.29) is 17.3 Å². The van der Waals surface area contributed by atoms with E-state index in [2.05, 4.69) is 5.32 Å².